The molecule has 4 aliphatic rings. The van der Waals surface area contributed by atoms with Crippen molar-refractivity contribution in [1.82, 2.24) is 4.90 Å². The molecule has 2 N–H and O–H groups in total. The van der Waals surface area contributed by atoms with E-state index in [1.165, 1.54) is 55.6 Å². The maximum atomic E-state index is 6.53. The largest absolute Gasteiger partial charge is 0.370 e. The lowest BCUT2D eigenvalue weighted by Gasteiger charge is -2.31. The van der Waals surface area contributed by atoms with Gasteiger partial charge in [0.15, 0.2) is 0 Å². The first-order valence-corrected chi connectivity index (χ1v) is 13.5. The smallest absolute Gasteiger partial charge is 0.0360 e. The van der Waals surface area contributed by atoms with E-state index in [2.05, 4.69) is 102 Å². The first kappa shape index (κ1) is 24.3. The molecular formula is C30H37IN2. The predicted octanol–water partition coefficient (Wildman–Crippen LogP) is 7.76. The van der Waals surface area contributed by atoms with E-state index in [1.54, 1.807) is 0 Å². The zero-order valence-corrected chi connectivity index (χ0v) is 22.3. The van der Waals surface area contributed by atoms with Crippen molar-refractivity contribution in [3.8, 4) is 0 Å². The van der Waals surface area contributed by atoms with Crippen molar-refractivity contribution < 1.29 is 0 Å². The Morgan fingerprint density at radius 3 is 2.55 bits per heavy atom. The maximum absolute atomic E-state index is 6.53. The Bertz CT molecular complexity index is 1040. The Labute approximate surface area is 213 Å². The van der Waals surface area contributed by atoms with Crippen molar-refractivity contribution in [2.75, 3.05) is 13.1 Å². The van der Waals surface area contributed by atoms with Crippen LogP contribution in [-0.2, 0) is 0 Å². The highest BCUT2D eigenvalue weighted by atomic mass is 127. The van der Waals surface area contributed by atoms with E-state index in [0.29, 0.717) is 0 Å². The maximum Gasteiger partial charge on any atom is 0.0360 e. The van der Waals surface area contributed by atoms with E-state index in [0.717, 1.165) is 45.2 Å². The Balaban J connectivity index is 1.53. The van der Waals surface area contributed by atoms with Gasteiger partial charge in [-0.2, -0.15) is 0 Å². The van der Waals surface area contributed by atoms with Crippen molar-refractivity contribution in [2.24, 2.45) is 5.73 Å². The summed E-state index contributed by atoms with van der Waals surface area (Å²) in [5.41, 5.74) is 16.5. The number of hydrogen-bond donors (Lipinski definition) is 1. The van der Waals surface area contributed by atoms with Gasteiger partial charge in [-0.1, -0.05) is 60.3 Å². The SMILES string of the molecule is CC1=C\C=C/CN(C2=CC=C(C3=CCCC(C4=CCCC=C4)=C3I)CC2)CC(N)C\C=C\1C. The molecule has 33 heavy (non-hydrogen) atoms. The third kappa shape index (κ3) is 6.19. The Hall–Kier alpha value is -1.85. The van der Waals surface area contributed by atoms with E-state index in [9.17, 15) is 0 Å². The minimum absolute atomic E-state index is 0.148. The van der Waals surface area contributed by atoms with Crippen molar-refractivity contribution >= 4 is 22.6 Å². The van der Waals surface area contributed by atoms with Gasteiger partial charge < -0.3 is 10.6 Å². The molecule has 4 rings (SSSR count). The average molecular weight is 553 g/mol. The van der Waals surface area contributed by atoms with Gasteiger partial charge in [0.25, 0.3) is 0 Å². The molecule has 3 aliphatic carbocycles. The predicted molar refractivity (Wildman–Crippen MR) is 151 cm³/mol. The summed E-state index contributed by atoms with van der Waals surface area (Å²) in [5.74, 6) is 0. The zero-order chi connectivity index (χ0) is 23.2. The van der Waals surface area contributed by atoms with Crippen LogP contribution < -0.4 is 5.73 Å². The fraction of sp³-hybridized carbons (Fsp3) is 0.400. The molecule has 0 bridgehead atoms. The van der Waals surface area contributed by atoms with E-state index in [-0.39, 0.29) is 6.04 Å². The quantitative estimate of drug-likeness (QED) is 0.363. The molecule has 0 fully saturated rings. The lowest BCUT2D eigenvalue weighted by molar-refractivity contribution is 0.337. The number of nitrogens with zero attached hydrogens (tertiary/aromatic N) is 1. The second-order valence-electron chi connectivity index (χ2n) is 9.50. The highest BCUT2D eigenvalue weighted by molar-refractivity contribution is 14.1. The second-order valence-corrected chi connectivity index (χ2v) is 10.6. The summed E-state index contributed by atoms with van der Waals surface area (Å²) < 4.78 is 1.45. The van der Waals surface area contributed by atoms with Crippen LogP contribution in [0.1, 0.15) is 58.8 Å². The normalized spacial score (nSPS) is 29.0. The van der Waals surface area contributed by atoms with Gasteiger partial charge in [-0.15, -0.1) is 0 Å². The molecule has 0 aromatic rings. The second kappa shape index (κ2) is 11.5. The Kier molecular flexibility index (Phi) is 8.48. The molecule has 1 atom stereocenters. The Morgan fingerprint density at radius 1 is 0.909 bits per heavy atom. The van der Waals surface area contributed by atoms with Crippen molar-refractivity contribution in [1.29, 1.82) is 0 Å². The van der Waals surface area contributed by atoms with Crippen LogP contribution in [0.15, 0.2) is 103 Å². The molecule has 3 heteroatoms. The van der Waals surface area contributed by atoms with Crippen LogP contribution in [0.3, 0.4) is 0 Å². The van der Waals surface area contributed by atoms with E-state index in [1.807, 2.05) is 0 Å². The minimum Gasteiger partial charge on any atom is -0.370 e. The van der Waals surface area contributed by atoms with E-state index in [4.69, 9.17) is 5.73 Å². The van der Waals surface area contributed by atoms with Gasteiger partial charge in [-0.25, -0.2) is 0 Å². The molecule has 0 saturated heterocycles. The molecule has 0 saturated carbocycles. The summed E-state index contributed by atoms with van der Waals surface area (Å²) in [5, 5.41) is 0. The molecule has 174 valence electrons. The molecule has 1 aliphatic heterocycles. The fourth-order valence-electron chi connectivity index (χ4n) is 4.90. The van der Waals surface area contributed by atoms with Gasteiger partial charge in [-0.05, 0) is 115 Å². The van der Waals surface area contributed by atoms with Crippen LogP contribution in [0.25, 0.3) is 0 Å². The van der Waals surface area contributed by atoms with Gasteiger partial charge in [0, 0.05) is 28.4 Å². The molecular weight excluding hydrogens is 515 g/mol. The summed E-state index contributed by atoms with van der Waals surface area (Å²) in [6, 6.07) is 0.148. The highest BCUT2D eigenvalue weighted by Crippen LogP contribution is 2.41. The van der Waals surface area contributed by atoms with Crippen LogP contribution in [-0.4, -0.2) is 24.0 Å². The van der Waals surface area contributed by atoms with Crippen LogP contribution in [0, 0.1) is 0 Å². The van der Waals surface area contributed by atoms with Gasteiger partial charge in [0.05, 0.1) is 0 Å². The fourth-order valence-corrected chi connectivity index (χ4v) is 6.05. The topological polar surface area (TPSA) is 29.3 Å². The van der Waals surface area contributed by atoms with Crippen LogP contribution in [0.2, 0.25) is 0 Å². The van der Waals surface area contributed by atoms with Crippen molar-refractivity contribution in [3.63, 3.8) is 0 Å². The highest BCUT2D eigenvalue weighted by Gasteiger charge is 2.22. The van der Waals surface area contributed by atoms with Gasteiger partial charge >= 0.3 is 0 Å². The Morgan fingerprint density at radius 2 is 1.79 bits per heavy atom. The zero-order valence-electron chi connectivity index (χ0n) is 20.1. The number of nitrogens with two attached hydrogens (primary N) is 1. The first-order valence-electron chi connectivity index (χ1n) is 12.4. The molecule has 0 amide bonds. The molecule has 1 heterocycles. The van der Waals surface area contributed by atoms with Gasteiger partial charge in [0.2, 0.25) is 0 Å². The lowest BCUT2D eigenvalue weighted by Crippen LogP contribution is -2.37. The van der Waals surface area contributed by atoms with Crippen LogP contribution in [0.4, 0.5) is 0 Å². The molecule has 0 aromatic heterocycles. The molecule has 0 aromatic carbocycles. The summed E-state index contributed by atoms with van der Waals surface area (Å²) in [6.07, 6.45) is 30.9. The van der Waals surface area contributed by atoms with Crippen molar-refractivity contribution in [2.45, 2.75) is 64.8 Å². The summed E-state index contributed by atoms with van der Waals surface area (Å²) in [7, 11) is 0. The number of rotatable bonds is 3. The molecule has 1 unspecified atom stereocenters. The molecule has 2 nitrogen and oxygen atoms in total. The van der Waals surface area contributed by atoms with E-state index >= 15 is 0 Å². The van der Waals surface area contributed by atoms with Crippen molar-refractivity contribution in [3.05, 3.63) is 103 Å². The third-order valence-electron chi connectivity index (χ3n) is 7.08. The summed E-state index contributed by atoms with van der Waals surface area (Å²) in [6.45, 7) is 6.17. The average Bonchev–Trinajstić information content (AvgIpc) is 2.87. The summed E-state index contributed by atoms with van der Waals surface area (Å²) in [4.78, 5) is 2.48. The third-order valence-corrected chi connectivity index (χ3v) is 8.31. The van der Waals surface area contributed by atoms with E-state index < -0.39 is 0 Å². The first-order chi connectivity index (χ1) is 16.0. The summed E-state index contributed by atoms with van der Waals surface area (Å²) >= 11 is 2.59. The number of hydrogen-bond acceptors (Lipinski definition) is 2. The monoisotopic (exact) mass is 552 g/mol. The number of allylic oxidation sites excluding steroid dienone is 16. The molecule has 0 spiro atoms. The van der Waals surface area contributed by atoms with Gasteiger partial charge in [0.1, 0.15) is 0 Å². The standard InChI is InChI=1S/C30H37IN2/c1-22-9-6-7-20-33(21-26(32)17-14-23(22)2)27-18-15-25(16-19-27)29-13-8-12-28(30(29)31)24-10-4-3-5-11-24/h4,6-7,9-11,13-15,18,26H,3,5,8,12,16-17,19-21,32H2,1-2H3/b7-6-,22-9+,23-14+. The lowest BCUT2D eigenvalue weighted by atomic mass is 9.86. The van der Waals surface area contributed by atoms with Crippen LogP contribution in [0.5, 0.6) is 0 Å². The molecule has 0 radical (unpaired) electrons. The van der Waals surface area contributed by atoms with Crippen LogP contribution >= 0.6 is 22.6 Å². The number of halogens is 1. The minimum atomic E-state index is 0.148. The van der Waals surface area contributed by atoms with Gasteiger partial charge in [-0.3, -0.25) is 0 Å².